The maximum absolute atomic E-state index is 15.7. The van der Waals surface area contributed by atoms with Crippen LogP contribution < -0.4 is 104 Å². The third kappa shape index (κ3) is 51.0. The number of unbranched alkanes of at least 4 members (excludes halogenated alkanes) is 6. The number of guanidine groups is 6. The van der Waals surface area contributed by atoms with E-state index in [1.54, 1.807) is 121 Å². The van der Waals surface area contributed by atoms with E-state index in [2.05, 4.69) is 63.8 Å². The Morgan fingerprint density at radius 1 is 0.223 bits per heavy atom. The number of amides is 13. The Morgan fingerprint density at radius 2 is 0.372 bits per heavy atom. The molecule has 0 spiro atoms. The number of rotatable bonds is 72. The first-order chi connectivity index (χ1) is 71.1. The Hall–Kier alpha value is -16.0. The molecule has 804 valence electrons. The second-order valence-electron chi connectivity index (χ2n) is 36.3. The molecule has 6 aromatic rings. The molecular weight excluding hydrogens is 1890 g/mol. The maximum atomic E-state index is 15.7. The Kier molecular flexibility index (Phi) is 56.4. The molecule has 0 aliphatic rings. The summed E-state index contributed by atoms with van der Waals surface area (Å²) in [5.74, 6) is -9.03. The number of primary amides is 1. The second kappa shape index (κ2) is 69.1. The monoisotopic (exact) mass is 2050 g/mol. The predicted octanol–water partition coefficient (Wildman–Crippen LogP) is 2.83. The third-order valence-electron chi connectivity index (χ3n) is 24.1. The Bertz CT molecular complexity index is 5090. The van der Waals surface area contributed by atoms with Crippen LogP contribution >= 0.6 is 0 Å². The van der Waals surface area contributed by atoms with Gasteiger partial charge in [-0.25, -0.2) is 0 Å². The average Bonchev–Trinajstić information content (AvgIpc) is 0.852. The maximum Gasteiger partial charge on any atom is 0.245 e. The normalized spacial score (nSPS) is 12.0. The van der Waals surface area contributed by atoms with Gasteiger partial charge in [0.15, 0.2) is 35.8 Å². The Balaban J connectivity index is 1.28. The molecule has 0 aromatic heterocycles. The number of hydrogen-bond acceptors (Lipinski definition) is 19. The summed E-state index contributed by atoms with van der Waals surface area (Å²) < 4.78 is 0. The zero-order valence-electron chi connectivity index (χ0n) is 85.0. The minimum absolute atomic E-state index is 0.0264. The minimum atomic E-state index is -1.28. The molecule has 0 aliphatic heterocycles. The third-order valence-corrected chi connectivity index (χ3v) is 24.1. The van der Waals surface area contributed by atoms with Gasteiger partial charge in [-0.1, -0.05) is 182 Å². The van der Waals surface area contributed by atoms with Crippen molar-refractivity contribution in [2.45, 2.75) is 237 Å². The standard InChI is InChI=1S/C104H155N31O13/c1-74(136)124-81(44-20-26-56-118-99(106)107)93(143)131(69-76-34-10-3-11-35-76)63-51-88(138)126-83(46-22-28-58-120-101(110)111)95(145)133(71-78-38-14-5-15-39-78)65-53-90(140)128-85(48-24-30-60-122-103(114)115)97(147)135(73-80-42-18-7-19-43-80)67-55-92(142)129-86(49-25-31-61-123-104(116)117)98(148)134(72-79-40-16-6-17-41-79)66-54-91(141)127-84(47-23-29-59-121-102(112)113)96(146)132(70-77-36-12-4-13-37-77)64-52-89(139)125-82(45-21-27-57-119-100(108)109)94(144)130(62-50-87(105)137)68-75-32-8-2-9-33-75/h2-19,32-43,81-86H,20-31,44-73H2,1H3,(H2,105,137)(H,124,136)(H,125,139)(H,126,138)(H,127,141)(H,128,140)(H,129,142)(H4,106,107,118)(H4,108,109,119)(H4,110,111,120)(H4,112,113,121)(H4,114,115,122)(H4,116,117,123)/t81-,82-,83-,84-,85-,86-/m0/s1. The van der Waals surface area contributed by atoms with E-state index in [1.165, 1.54) is 36.3 Å². The van der Waals surface area contributed by atoms with Crippen LogP contribution in [0.5, 0.6) is 0 Å². The van der Waals surface area contributed by atoms with Crippen molar-refractivity contribution in [2.75, 3.05) is 78.5 Å². The summed E-state index contributed by atoms with van der Waals surface area (Å²) in [5.41, 5.74) is 43.4. The molecule has 32 N–H and O–H groups in total. The largest absolute Gasteiger partial charge is 0.370 e. The highest BCUT2D eigenvalue weighted by atomic mass is 16.2. The summed E-state index contributed by atoms with van der Waals surface area (Å²) in [4.78, 5) is 199. The van der Waals surface area contributed by atoms with Gasteiger partial charge < -0.3 is 133 Å². The number of carbonyl (C=O) groups excluding carboxylic acids is 13. The van der Waals surface area contributed by atoms with Crippen molar-refractivity contribution in [3.63, 3.8) is 0 Å². The number of hydrogen-bond donors (Lipinski definition) is 25. The van der Waals surface area contributed by atoms with Gasteiger partial charge in [-0.15, -0.1) is 0 Å². The number of benzene rings is 6. The van der Waals surface area contributed by atoms with Crippen LogP contribution in [0.1, 0.15) is 194 Å². The lowest BCUT2D eigenvalue weighted by Crippen LogP contribution is -2.52. The fraction of sp³-hybridized carbons (Fsp3) is 0.471. The van der Waals surface area contributed by atoms with Crippen molar-refractivity contribution in [1.29, 1.82) is 32.5 Å². The molecule has 0 aliphatic carbocycles. The van der Waals surface area contributed by atoms with E-state index in [0.717, 1.165) is 11.1 Å². The van der Waals surface area contributed by atoms with E-state index in [9.17, 15) is 38.4 Å². The van der Waals surface area contributed by atoms with E-state index >= 15 is 24.0 Å². The molecule has 0 unspecified atom stereocenters. The van der Waals surface area contributed by atoms with Crippen molar-refractivity contribution < 1.29 is 62.3 Å². The Morgan fingerprint density at radius 3 is 0.514 bits per heavy atom. The average molecular weight is 2050 g/mol. The van der Waals surface area contributed by atoms with Crippen LogP contribution in [-0.2, 0) is 102 Å². The molecule has 0 heterocycles. The van der Waals surface area contributed by atoms with E-state index in [4.69, 9.17) is 72.6 Å². The van der Waals surface area contributed by atoms with Crippen LogP contribution in [-0.4, -0.2) is 257 Å². The lowest BCUT2D eigenvalue weighted by Gasteiger charge is -2.31. The highest BCUT2D eigenvalue weighted by Crippen LogP contribution is 2.22. The molecule has 0 radical (unpaired) electrons. The van der Waals surface area contributed by atoms with Crippen molar-refractivity contribution in [3.05, 3.63) is 215 Å². The van der Waals surface area contributed by atoms with Crippen LogP contribution in [0.4, 0.5) is 0 Å². The molecular formula is C104H155N31O13. The van der Waals surface area contributed by atoms with E-state index in [1.807, 2.05) is 60.7 Å². The van der Waals surface area contributed by atoms with Crippen molar-refractivity contribution in [3.8, 4) is 0 Å². The van der Waals surface area contributed by atoms with Crippen LogP contribution in [0.2, 0.25) is 0 Å². The Labute approximate surface area is 866 Å². The molecule has 44 heteroatoms. The SMILES string of the molecule is CC(=O)N[C@@H](CCCCNC(=N)N)C(=O)N(CCC(=O)N[C@@H](CCCCNC(=N)N)C(=O)N(CCC(=O)N[C@@H](CCCCNC(=N)N)C(=O)N(CCC(=O)N[C@@H](CCCCNC(=N)N)C(=O)N(CCC(=O)N[C@@H](CCCCNC(=N)N)C(=O)N(CCC(=O)N[C@@H](CCCCNC(=N)N)C(=O)N(CCC(N)=O)Cc1ccccc1)Cc1ccccc1)Cc1ccccc1)Cc1ccccc1)Cc1ccccc1)Cc1ccccc1. The predicted molar refractivity (Wildman–Crippen MR) is 568 cm³/mol. The van der Waals surface area contributed by atoms with Gasteiger partial charge in [-0.3, -0.25) is 94.8 Å². The molecule has 148 heavy (non-hydrogen) atoms. The summed E-state index contributed by atoms with van der Waals surface area (Å²) in [6.45, 7) is 1.78. The van der Waals surface area contributed by atoms with E-state index in [0.29, 0.717) is 112 Å². The van der Waals surface area contributed by atoms with Crippen molar-refractivity contribution in [2.24, 2.45) is 40.1 Å². The molecule has 6 atom stereocenters. The van der Waals surface area contributed by atoms with Gasteiger partial charge in [0.25, 0.3) is 0 Å². The quantitative estimate of drug-likeness (QED) is 0.0148. The summed E-state index contributed by atoms with van der Waals surface area (Å²) in [6, 6.07) is 46.9. The number of nitrogens with one attached hydrogen (secondary N) is 18. The minimum Gasteiger partial charge on any atom is -0.370 e. The van der Waals surface area contributed by atoms with Crippen LogP contribution in [0, 0.1) is 32.5 Å². The van der Waals surface area contributed by atoms with E-state index in [-0.39, 0.29) is 211 Å². The first-order valence-electron chi connectivity index (χ1n) is 50.6. The highest BCUT2D eigenvalue weighted by molar-refractivity contribution is 5.94. The summed E-state index contributed by atoms with van der Waals surface area (Å²) in [5, 5.41) is 80.4. The second-order valence-corrected chi connectivity index (χ2v) is 36.3. The molecule has 44 nitrogen and oxygen atoms in total. The zero-order valence-corrected chi connectivity index (χ0v) is 85.0. The van der Waals surface area contributed by atoms with Gasteiger partial charge in [-0.05, 0) is 149 Å². The van der Waals surface area contributed by atoms with Crippen LogP contribution in [0.3, 0.4) is 0 Å². The number of carbonyl (C=O) groups is 13. The zero-order chi connectivity index (χ0) is 108. The van der Waals surface area contributed by atoms with Crippen LogP contribution in [0.15, 0.2) is 182 Å². The fourth-order valence-electron chi connectivity index (χ4n) is 16.5. The van der Waals surface area contributed by atoms with Gasteiger partial charge in [-0.2, -0.15) is 0 Å². The van der Waals surface area contributed by atoms with Crippen molar-refractivity contribution in [1.82, 2.24) is 93.2 Å². The number of nitrogens with two attached hydrogens (primary N) is 7. The molecule has 0 bridgehead atoms. The number of nitrogens with zero attached hydrogens (tertiary/aromatic N) is 6. The lowest BCUT2D eigenvalue weighted by molar-refractivity contribution is -0.140. The molecule has 0 fully saturated rings. The lowest BCUT2D eigenvalue weighted by atomic mass is 10.0. The highest BCUT2D eigenvalue weighted by Gasteiger charge is 2.36. The van der Waals surface area contributed by atoms with E-state index < -0.39 is 119 Å². The topological polar surface area (TPSA) is 711 Å². The van der Waals surface area contributed by atoms with Gasteiger partial charge in [0.2, 0.25) is 76.8 Å². The smallest absolute Gasteiger partial charge is 0.245 e. The van der Waals surface area contributed by atoms with Crippen LogP contribution in [0.25, 0.3) is 0 Å². The van der Waals surface area contributed by atoms with Gasteiger partial charge in [0.1, 0.15) is 36.3 Å². The molecule has 6 rings (SSSR count). The molecule has 0 saturated heterocycles. The van der Waals surface area contributed by atoms with Crippen molar-refractivity contribution >= 4 is 113 Å². The first kappa shape index (κ1) is 121. The summed E-state index contributed by atoms with van der Waals surface area (Å²) in [7, 11) is 0. The fourth-order valence-corrected chi connectivity index (χ4v) is 16.5. The molecule has 13 amide bonds. The van der Waals surface area contributed by atoms with Gasteiger partial charge in [0.05, 0.1) is 0 Å². The van der Waals surface area contributed by atoms with Gasteiger partial charge in [0, 0.05) is 163 Å². The first-order valence-corrected chi connectivity index (χ1v) is 50.6. The summed E-state index contributed by atoms with van der Waals surface area (Å²) >= 11 is 0. The van der Waals surface area contributed by atoms with Gasteiger partial charge >= 0.3 is 0 Å². The molecule has 0 saturated carbocycles. The molecule has 6 aromatic carbocycles. The summed E-state index contributed by atoms with van der Waals surface area (Å²) in [6.07, 6.45) is 3.36.